The van der Waals surface area contributed by atoms with Crippen molar-refractivity contribution in [3.63, 3.8) is 0 Å². The molecule has 166 valence electrons. The average molecular weight is 445 g/mol. The van der Waals surface area contributed by atoms with E-state index < -0.39 is 15.8 Å². The van der Waals surface area contributed by atoms with Crippen LogP contribution in [0.5, 0.6) is 0 Å². The van der Waals surface area contributed by atoms with Gasteiger partial charge < -0.3 is 5.11 Å². The van der Waals surface area contributed by atoms with Crippen molar-refractivity contribution < 1.29 is 17.9 Å². The van der Waals surface area contributed by atoms with Crippen molar-refractivity contribution in [2.45, 2.75) is 42.7 Å². The normalized spacial score (nSPS) is 25.6. The summed E-state index contributed by atoms with van der Waals surface area (Å²) in [5.74, 6) is -0.391. The van der Waals surface area contributed by atoms with Crippen LogP contribution < -0.4 is 0 Å². The Kier molecular flexibility index (Phi) is 6.57. The molecule has 0 aromatic heterocycles. The van der Waals surface area contributed by atoms with Crippen LogP contribution in [0.4, 0.5) is 4.39 Å². The summed E-state index contributed by atoms with van der Waals surface area (Å²) in [6, 6.07) is 13.3. The zero-order chi connectivity index (χ0) is 22.0. The SMILES string of the molecule is C/C=C/c1ccc([C@@H]2[C@H]3CN(S(=O)(=O)c4ccc(F)cc4)CCCCN3[C@H]2CO)cc1. The first-order chi connectivity index (χ1) is 15.0. The van der Waals surface area contributed by atoms with Crippen LogP contribution in [-0.2, 0) is 10.0 Å². The van der Waals surface area contributed by atoms with Crippen LogP contribution in [0.1, 0.15) is 36.8 Å². The highest BCUT2D eigenvalue weighted by Crippen LogP contribution is 2.42. The minimum absolute atomic E-state index is 0.000223. The van der Waals surface area contributed by atoms with Gasteiger partial charge in [0.2, 0.25) is 10.0 Å². The fourth-order valence-corrected chi connectivity index (χ4v) is 6.40. The maximum atomic E-state index is 13.3. The zero-order valence-electron chi connectivity index (χ0n) is 17.7. The van der Waals surface area contributed by atoms with Gasteiger partial charge in [0.1, 0.15) is 5.82 Å². The van der Waals surface area contributed by atoms with Crippen molar-refractivity contribution in [2.75, 3.05) is 26.2 Å². The molecule has 3 atom stereocenters. The second-order valence-electron chi connectivity index (χ2n) is 8.27. The summed E-state index contributed by atoms with van der Waals surface area (Å²) in [5, 5.41) is 10.1. The van der Waals surface area contributed by atoms with Crippen LogP contribution in [0.2, 0.25) is 0 Å². The highest BCUT2D eigenvalue weighted by molar-refractivity contribution is 7.89. The Labute approximate surface area is 183 Å². The van der Waals surface area contributed by atoms with Gasteiger partial charge in [0.15, 0.2) is 0 Å². The molecule has 2 aromatic carbocycles. The third kappa shape index (κ3) is 4.32. The lowest BCUT2D eigenvalue weighted by atomic mass is 9.74. The predicted molar refractivity (Wildman–Crippen MR) is 120 cm³/mol. The predicted octanol–water partition coefficient (Wildman–Crippen LogP) is 3.47. The van der Waals surface area contributed by atoms with Gasteiger partial charge in [-0.05, 0) is 61.7 Å². The van der Waals surface area contributed by atoms with Gasteiger partial charge in [-0.1, -0.05) is 36.4 Å². The molecule has 2 heterocycles. The van der Waals surface area contributed by atoms with Gasteiger partial charge in [0, 0.05) is 31.1 Å². The molecule has 31 heavy (non-hydrogen) atoms. The second-order valence-corrected chi connectivity index (χ2v) is 10.2. The summed E-state index contributed by atoms with van der Waals surface area (Å²) in [4.78, 5) is 2.36. The van der Waals surface area contributed by atoms with Crippen molar-refractivity contribution in [3.05, 3.63) is 71.6 Å². The topological polar surface area (TPSA) is 60.9 Å². The van der Waals surface area contributed by atoms with Gasteiger partial charge in [0.25, 0.3) is 0 Å². The number of nitrogens with zero attached hydrogens (tertiary/aromatic N) is 2. The van der Waals surface area contributed by atoms with Crippen molar-refractivity contribution in [1.29, 1.82) is 0 Å². The van der Waals surface area contributed by atoms with E-state index in [9.17, 15) is 17.9 Å². The molecule has 1 N–H and O–H groups in total. The minimum atomic E-state index is -3.72. The first-order valence-corrected chi connectivity index (χ1v) is 12.2. The van der Waals surface area contributed by atoms with E-state index in [0.29, 0.717) is 13.1 Å². The molecule has 0 amide bonds. The Hall–Kier alpha value is -2.06. The summed E-state index contributed by atoms with van der Waals surface area (Å²) in [6.07, 6.45) is 5.65. The van der Waals surface area contributed by atoms with Gasteiger partial charge in [-0.15, -0.1) is 0 Å². The van der Waals surface area contributed by atoms with E-state index in [2.05, 4.69) is 29.2 Å². The van der Waals surface area contributed by atoms with Gasteiger partial charge in [-0.2, -0.15) is 4.31 Å². The molecule has 5 nitrogen and oxygen atoms in total. The number of benzene rings is 2. The molecular formula is C24H29FN2O3S. The van der Waals surface area contributed by atoms with Crippen LogP contribution in [-0.4, -0.2) is 61.1 Å². The summed E-state index contributed by atoms with van der Waals surface area (Å²) < 4.78 is 41.4. The summed E-state index contributed by atoms with van der Waals surface area (Å²) >= 11 is 0. The van der Waals surface area contributed by atoms with E-state index in [1.165, 1.54) is 28.6 Å². The summed E-state index contributed by atoms with van der Waals surface area (Å²) in [6.45, 7) is 3.68. The lowest BCUT2D eigenvalue weighted by Crippen LogP contribution is -2.67. The van der Waals surface area contributed by atoms with E-state index in [-0.39, 0.29) is 29.5 Å². The molecule has 0 bridgehead atoms. The number of rotatable bonds is 5. The molecule has 4 rings (SSSR count). The fourth-order valence-electron chi connectivity index (χ4n) is 4.90. The van der Waals surface area contributed by atoms with Crippen molar-refractivity contribution >= 4 is 16.1 Å². The molecule has 2 aliphatic heterocycles. The monoisotopic (exact) mass is 444 g/mol. The van der Waals surface area contributed by atoms with Crippen LogP contribution in [0.15, 0.2) is 59.5 Å². The molecule has 0 spiro atoms. The number of aliphatic hydroxyl groups excluding tert-OH is 1. The first kappa shape index (κ1) is 22.1. The van der Waals surface area contributed by atoms with E-state index >= 15 is 0 Å². The molecule has 0 unspecified atom stereocenters. The van der Waals surface area contributed by atoms with E-state index in [1.54, 1.807) is 0 Å². The molecule has 0 saturated carbocycles. The van der Waals surface area contributed by atoms with E-state index in [0.717, 1.165) is 30.5 Å². The molecule has 2 saturated heterocycles. The first-order valence-electron chi connectivity index (χ1n) is 10.8. The number of halogens is 1. The van der Waals surface area contributed by atoms with Crippen LogP contribution in [0.3, 0.4) is 0 Å². The summed E-state index contributed by atoms with van der Waals surface area (Å²) in [5.41, 5.74) is 2.23. The Morgan fingerprint density at radius 3 is 2.39 bits per heavy atom. The van der Waals surface area contributed by atoms with Crippen molar-refractivity contribution in [2.24, 2.45) is 0 Å². The zero-order valence-corrected chi connectivity index (χ0v) is 18.5. The number of allylic oxidation sites excluding steroid dienone is 1. The van der Waals surface area contributed by atoms with Crippen LogP contribution in [0, 0.1) is 5.82 Å². The maximum Gasteiger partial charge on any atom is 0.243 e. The van der Waals surface area contributed by atoms with Gasteiger partial charge in [0.05, 0.1) is 11.5 Å². The largest absolute Gasteiger partial charge is 0.395 e. The van der Waals surface area contributed by atoms with Gasteiger partial charge in [-0.3, -0.25) is 4.90 Å². The van der Waals surface area contributed by atoms with Crippen molar-refractivity contribution in [3.8, 4) is 0 Å². The summed E-state index contributed by atoms with van der Waals surface area (Å²) in [7, 11) is -3.72. The van der Waals surface area contributed by atoms with Crippen LogP contribution >= 0.6 is 0 Å². The molecule has 2 fully saturated rings. The minimum Gasteiger partial charge on any atom is -0.395 e. The number of hydrogen-bond donors (Lipinski definition) is 1. The molecule has 2 aromatic rings. The molecule has 0 radical (unpaired) electrons. The quantitative estimate of drug-likeness (QED) is 0.767. The van der Waals surface area contributed by atoms with Crippen molar-refractivity contribution in [1.82, 2.24) is 9.21 Å². The number of fused-ring (bicyclic) bond motifs is 1. The molecule has 2 aliphatic rings. The second kappa shape index (κ2) is 9.20. The van der Waals surface area contributed by atoms with E-state index in [1.807, 2.05) is 19.1 Å². The molecular weight excluding hydrogens is 415 g/mol. The van der Waals surface area contributed by atoms with E-state index in [4.69, 9.17) is 0 Å². The molecule has 0 aliphatic carbocycles. The fraction of sp³-hybridized carbons (Fsp3) is 0.417. The molecule has 7 heteroatoms. The average Bonchev–Trinajstić information content (AvgIpc) is 2.74. The number of sulfonamides is 1. The lowest BCUT2D eigenvalue weighted by molar-refractivity contribution is -0.0553. The maximum absolute atomic E-state index is 13.3. The number of aliphatic hydroxyl groups is 1. The lowest BCUT2D eigenvalue weighted by Gasteiger charge is -2.57. The van der Waals surface area contributed by atoms with Crippen LogP contribution in [0.25, 0.3) is 6.08 Å². The highest BCUT2D eigenvalue weighted by Gasteiger charge is 2.50. The Bertz CT molecular complexity index is 1020. The Morgan fingerprint density at radius 1 is 1.06 bits per heavy atom. The third-order valence-corrected chi connectivity index (χ3v) is 8.34. The number of hydrogen-bond acceptors (Lipinski definition) is 4. The smallest absolute Gasteiger partial charge is 0.243 e. The Balaban J connectivity index is 1.62. The highest BCUT2D eigenvalue weighted by atomic mass is 32.2. The standard InChI is InChI=1S/C24H29FN2O3S/c1-2-5-18-6-8-19(9-7-18)24-22-16-26(14-3-4-15-27(22)23(24)17-28)31(29,30)21-12-10-20(25)11-13-21/h2,5-13,22-24,28H,3-4,14-17H2,1H3/b5-2+/t22-,23+,24-/m1/s1. The van der Waals surface area contributed by atoms with Gasteiger partial charge >= 0.3 is 0 Å². The van der Waals surface area contributed by atoms with Gasteiger partial charge in [-0.25, -0.2) is 12.8 Å². The third-order valence-electron chi connectivity index (χ3n) is 6.46. The Morgan fingerprint density at radius 2 is 1.74 bits per heavy atom.